The van der Waals surface area contributed by atoms with Crippen LogP contribution in [0.1, 0.15) is 37.2 Å². The molecule has 0 bridgehead atoms. The van der Waals surface area contributed by atoms with Crippen LogP contribution in [0.5, 0.6) is 0 Å². The Hall–Kier alpha value is -2.27. The largest absolute Gasteiger partial charge is 0.294 e. The molecule has 3 nitrogen and oxygen atoms in total. The standard InChI is InChI=1S/C21H17BrFNO2/c22-14-5-2-7-16(11-14)24-18-8-3-9-19(25)21(18)17(12-20(24)26)13-4-1-6-15(23)10-13/h1-2,4-7,10-11,17H,3,8-9,12H2. The van der Waals surface area contributed by atoms with E-state index in [1.54, 1.807) is 17.0 Å². The maximum Gasteiger partial charge on any atom is 0.232 e. The van der Waals surface area contributed by atoms with Crippen molar-refractivity contribution in [3.05, 3.63) is 75.7 Å². The van der Waals surface area contributed by atoms with Crippen molar-refractivity contribution in [3.8, 4) is 0 Å². The minimum absolute atomic E-state index is 0.0630. The molecule has 0 aromatic heterocycles. The van der Waals surface area contributed by atoms with Gasteiger partial charge in [-0.1, -0.05) is 34.1 Å². The summed E-state index contributed by atoms with van der Waals surface area (Å²) in [6, 6.07) is 13.7. The lowest BCUT2D eigenvalue weighted by atomic mass is 9.77. The molecule has 5 heteroatoms. The maximum atomic E-state index is 13.7. The molecule has 1 amide bonds. The molecule has 1 atom stereocenters. The molecule has 1 aliphatic heterocycles. The van der Waals surface area contributed by atoms with Gasteiger partial charge in [0.25, 0.3) is 0 Å². The summed E-state index contributed by atoms with van der Waals surface area (Å²) in [6.45, 7) is 0. The number of benzene rings is 2. The van der Waals surface area contributed by atoms with Crippen LogP contribution in [0, 0.1) is 5.82 Å². The maximum absolute atomic E-state index is 13.7. The third-order valence-corrected chi connectivity index (χ3v) is 5.49. The lowest BCUT2D eigenvalue weighted by molar-refractivity contribution is -0.119. The molecule has 0 fully saturated rings. The number of carbonyl (C=O) groups excluding carboxylic acids is 2. The molecule has 4 rings (SSSR count). The van der Waals surface area contributed by atoms with E-state index in [9.17, 15) is 14.0 Å². The molecule has 1 heterocycles. The monoisotopic (exact) mass is 413 g/mol. The van der Waals surface area contributed by atoms with Gasteiger partial charge in [-0.05, 0) is 48.7 Å². The van der Waals surface area contributed by atoms with E-state index in [2.05, 4.69) is 15.9 Å². The van der Waals surface area contributed by atoms with Crippen LogP contribution in [0.25, 0.3) is 0 Å². The Morgan fingerprint density at radius 2 is 1.85 bits per heavy atom. The normalized spacial score (nSPS) is 20.4. The Kier molecular flexibility index (Phi) is 4.49. The molecule has 1 unspecified atom stereocenters. The van der Waals surface area contributed by atoms with Gasteiger partial charge in [0.05, 0.1) is 0 Å². The molecule has 2 aromatic carbocycles. The van der Waals surface area contributed by atoms with Crippen molar-refractivity contribution in [2.24, 2.45) is 0 Å². The number of halogens is 2. The highest BCUT2D eigenvalue weighted by Crippen LogP contribution is 2.43. The summed E-state index contributed by atoms with van der Waals surface area (Å²) >= 11 is 3.44. The quantitative estimate of drug-likeness (QED) is 0.685. The van der Waals surface area contributed by atoms with E-state index in [0.717, 1.165) is 22.3 Å². The van der Waals surface area contributed by atoms with E-state index in [0.29, 0.717) is 24.0 Å². The van der Waals surface area contributed by atoms with Gasteiger partial charge >= 0.3 is 0 Å². The van der Waals surface area contributed by atoms with E-state index in [1.165, 1.54) is 12.1 Å². The molecule has 0 saturated carbocycles. The van der Waals surface area contributed by atoms with Crippen LogP contribution < -0.4 is 4.90 Å². The number of ketones is 1. The summed E-state index contributed by atoms with van der Waals surface area (Å²) in [7, 11) is 0. The number of hydrogen-bond acceptors (Lipinski definition) is 2. The summed E-state index contributed by atoms with van der Waals surface area (Å²) in [4.78, 5) is 27.4. The number of allylic oxidation sites excluding steroid dienone is 2. The van der Waals surface area contributed by atoms with Crippen LogP contribution in [0.2, 0.25) is 0 Å². The third kappa shape index (κ3) is 3.01. The van der Waals surface area contributed by atoms with Gasteiger partial charge in [-0.3, -0.25) is 14.5 Å². The van der Waals surface area contributed by atoms with Gasteiger partial charge in [0, 0.05) is 40.2 Å². The molecule has 0 N–H and O–H groups in total. The number of amides is 1. The second-order valence-electron chi connectivity index (χ2n) is 6.66. The van der Waals surface area contributed by atoms with Crippen molar-refractivity contribution in [2.45, 2.75) is 31.6 Å². The highest BCUT2D eigenvalue weighted by molar-refractivity contribution is 9.10. The third-order valence-electron chi connectivity index (χ3n) is 4.99. The van der Waals surface area contributed by atoms with Gasteiger partial charge in [0.2, 0.25) is 5.91 Å². The number of nitrogens with zero attached hydrogens (tertiary/aromatic N) is 1. The average Bonchev–Trinajstić information content (AvgIpc) is 2.61. The van der Waals surface area contributed by atoms with E-state index in [1.807, 2.05) is 24.3 Å². The van der Waals surface area contributed by atoms with E-state index >= 15 is 0 Å². The van der Waals surface area contributed by atoms with Gasteiger partial charge in [0.1, 0.15) is 5.82 Å². The molecule has 132 valence electrons. The second-order valence-corrected chi connectivity index (χ2v) is 7.57. The zero-order valence-electron chi connectivity index (χ0n) is 14.0. The summed E-state index contributed by atoms with van der Waals surface area (Å²) in [5.74, 6) is -0.724. The fourth-order valence-corrected chi connectivity index (χ4v) is 4.30. The smallest absolute Gasteiger partial charge is 0.232 e. The zero-order valence-corrected chi connectivity index (χ0v) is 15.6. The predicted molar refractivity (Wildman–Crippen MR) is 101 cm³/mol. The highest BCUT2D eigenvalue weighted by Gasteiger charge is 2.39. The van der Waals surface area contributed by atoms with E-state index < -0.39 is 0 Å². The van der Waals surface area contributed by atoms with Crippen molar-refractivity contribution >= 4 is 33.3 Å². The van der Waals surface area contributed by atoms with Gasteiger partial charge in [-0.15, -0.1) is 0 Å². The summed E-state index contributed by atoms with van der Waals surface area (Å²) in [5, 5.41) is 0. The predicted octanol–water partition coefficient (Wildman–Crippen LogP) is 5.12. The molecule has 26 heavy (non-hydrogen) atoms. The summed E-state index contributed by atoms with van der Waals surface area (Å²) < 4.78 is 14.6. The first-order valence-corrected chi connectivity index (χ1v) is 9.44. The van der Waals surface area contributed by atoms with Crippen LogP contribution in [-0.4, -0.2) is 11.7 Å². The van der Waals surface area contributed by atoms with Crippen LogP contribution >= 0.6 is 15.9 Å². The van der Waals surface area contributed by atoms with Crippen molar-refractivity contribution in [1.82, 2.24) is 0 Å². The minimum atomic E-state index is -0.371. The first kappa shape index (κ1) is 17.2. The van der Waals surface area contributed by atoms with Crippen LogP contribution in [0.4, 0.5) is 10.1 Å². The average molecular weight is 414 g/mol. The lowest BCUT2D eigenvalue weighted by Gasteiger charge is -2.38. The Balaban J connectivity index is 1.87. The first-order chi connectivity index (χ1) is 12.5. The Morgan fingerprint density at radius 1 is 1.04 bits per heavy atom. The van der Waals surface area contributed by atoms with E-state index in [4.69, 9.17) is 0 Å². The molecular weight excluding hydrogens is 397 g/mol. The van der Waals surface area contributed by atoms with Crippen LogP contribution in [0.15, 0.2) is 64.3 Å². The fraction of sp³-hybridized carbons (Fsp3) is 0.238. The Bertz CT molecular complexity index is 937. The molecule has 0 radical (unpaired) electrons. The molecule has 1 aliphatic carbocycles. The molecular formula is C21H17BrFNO2. The number of rotatable bonds is 2. The molecule has 2 aliphatic rings. The fourth-order valence-electron chi connectivity index (χ4n) is 3.92. The van der Waals surface area contributed by atoms with Crippen molar-refractivity contribution in [1.29, 1.82) is 0 Å². The highest BCUT2D eigenvalue weighted by atomic mass is 79.9. The lowest BCUT2D eigenvalue weighted by Crippen LogP contribution is -2.40. The molecule has 0 spiro atoms. The summed E-state index contributed by atoms with van der Waals surface area (Å²) in [5.41, 5.74) is 2.88. The van der Waals surface area contributed by atoms with Gasteiger partial charge in [-0.25, -0.2) is 4.39 Å². The van der Waals surface area contributed by atoms with Gasteiger partial charge < -0.3 is 0 Å². The van der Waals surface area contributed by atoms with Crippen LogP contribution in [0.3, 0.4) is 0 Å². The van der Waals surface area contributed by atoms with Crippen molar-refractivity contribution < 1.29 is 14.0 Å². The molecule has 2 aromatic rings. The number of Topliss-reactive ketones (excluding diaryl/α,β-unsaturated/α-hetero) is 1. The van der Waals surface area contributed by atoms with Crippen molar-refractivity contribution in [2.75, 3.05) is 4.90 Å². The summed E-state index contributed by atoms with van der Waals surface area (Å²) in [6.07, 6.45) is 2.04. The second kappa shape index (κ2) is 6.80. The first-order valence-electron chi connectivity index (χ1n) is 8.65. The van der Waals surface area contributed by atoms with Crippen molar-refractivity contribution in [3.63, 3.8) is 0 Å². The van der Waals surface area contributed by atoms with Gasteiger partial charge in [-0.2, -0.15) is 0 Å². The Morgan fingerprint density at radius 3 is 2.62 bits per heavy atom. The Labute approximate surface area is 159 Å². The molecule has 0 saturated heterocycles. The SMILES string of the molecule is O=C1CCCC2=C1C(c1cccc(F)c1)CC(=O)N2c1cccc(Br)c1. The number of anilines is 1. The number of carbonyl (C=O) groups is 2. The number of hydrogen-bond donors (Lipinski definition) is 0. The van der Waals surface area contributed by atoms with E-state index in [-0.39, 0.29) is 29.8 Å². The zero-order chi connectivity index (χ0) is 18.3. The van der Waals surface area contributed by atoms with Gasteiger partial charge in [0.15, 0.2) is 5.78 Å². The topological polar surface area (TPSA) is 37.4 Å². The minimum Gasteiger partial charge on any atom is -0.294 e. The van der Waals surface area contributed by atoms with Crippen LogP contribution in [-0.2, 0) is 9.59 Å².